The summed E-state index contributed by atoms with van der Waals surface area (Å²) in [6, 6.07) is 26.3. The van der Waals surface area contributed by atoms with Gasteiger partial charge in [-0.05, 0) is 62.3 Å². The first-order valence-corrected chi connectivity index (χ1v) is 13.8. The molecular formula is C34H34N4O2. The van der Waals surface area contributed by atoms with Crippen LogP contribution in [-0.4, -0.2) is 65.2 Å². The van der Waals surface area contributed by atoms with E-state index in [0.717, 1.165) is 60.4 Å². The lowest BCUT2D eigenvalue weighted by molar-refractivity contribution is 0.126. The van der Waals surface area contributed by atoms with Gasteiger partial charge in [0.1, 0.15) is 5.75 Å². The van der Waals surface area contributed by atoms with Gasteiger partial charge < -0.3 is 14.2 Å². The molecule has 1 aliphatic heterocycles. The van der Waals surface area contributed by atoms with Crippen molar-refractivity contribution in [2.45, 2.75) is 25.4 Å². The van der Waals surface area contributed by atoms with Gasteiger partial charge in [-0.25, -0.2) is 4.98 Å². The predicted octanol–water partition coefficient (Wildman–Crippen LogP) is 4.27. The quantitative estimate of drug-likeness (QED) is 0.334. The van der Waals surface area contributed by atoms with Crippen molar-refractivity contribution in [3.05, 3.63) is 107 Å². The molecule has 0 unspecified atom stereocenters. The number of nitrogens with zero attached hydrogens (tertiary/aromatic N) is 4. The van der Waals surface area contributed by atoms with E-state index >= 15 is 0 Å². The van der Waals surface area contributed by atoms with Crippen LogP contribution in [0.25, 0.3) is 11.0 Å². The fourth-order valence-electron chi connectivity index (χ4n) is 5.09. The molecule has 6 nitrogen and oxygen atoms in total. The number of hydrogen-bond acceptors (Lipinski definition) is 5. The van der Waals surface area contributed by atoms with Crippen LogP contribution in [0.2, 0.25) is 0 Å². The second kappa shape index (κ2) is 13.6. The number of rotatable bonds is 7. The van der Waals surface area contributed by atoms with E-state index in [0.29, 0.717) is 25.7 Å². The average Bonchev–Trinajstić information content (AvgIpc) is 3.01. The molecule has 0 aliphatic carbocycles. The van der Waals surface area contributed by atoms with E-state index in [2.05, 4.69) is 38.5 Å². The topological polar surface area (TPSA) is 50.6 Å². The molecule has 3 aromatic carbocycles. The highest BCUT2D eigenvalue weighted by molar-refractivity contribution is 5.76. The van der Waals surface area contributed by atoms with Gasteiger partial charge in [0, 0.05) is 36.3 Å². The molecule has 0 atom stereocenters. The molecule has 1 aliphatic rings. The van der Waals surface area contributed by atoms with Gasteiger partial charge in [-0.2, -0.15) is 0 Å². The Morgan fingerprint density at radius 3 is 2.10 bits per heavy atom. The number of fused-ring (bicyclic) bond motifs is 1. The Kier molecular flexibility index (Phi) is 9.27. The van der Waals surface area contributed by atoms with Crippen LogP contribution in [0.1, 0.15) is 24.0 Å². The zero-order chi connectivity index (χ0) is 27.6. The summed E-state index contributed by atoms with van der Waals surface area (Å²) in [4.78, 5) is 21.8. The van der Waals surface area contributed by atoms with Crippen molar-refractivity contribution in [2.75, 3.05) is 39.8 Å². The first-order valence-electron chi connectivity index (χ1n) is 13.8. The number of aromatic nitrogens is 2. The van der Waals surface area contributed by atoms with Crippen LogP contribution in [0.3, 0.4) is 0 Å². The molecule has 0 bridgehead atoms. The monoisotopic (exact) mass is 530 g/mol. The minimum Gasteiger partial charge on any atom is -0.497 e. The molecule has 1 fully saturated rings. The highest BCUT2D eigenvalue weighted by Gasteiger charge is 2.24. The first-order chi connectivity index (χ1) is 19.7. The van der Waals surface area contributed by atoms with Crippen molar-refractivity contribution in [3.8, 4) is 29.4 Å². The van der Waals surface area contributed by atoms with Crippen LogP contribution in [0.5, 0.6) is 5.75 Å². The van der Waals surface area contributed by atoms with Crippen LogP contribution < -0.4 is 10.3 Å². The lowest BCUT2D eigenvalue weighted by atomic mass is 10.0. The summed E-state index contributed by atoms with van der Waals surface area (Å²) in [5.74, 6) is 14.1. The molecule has 6 heteroatoms. The summed E-state index contributed by atoms with van der Waals surface area (Å²) in [6.07, 6.45) is 3.49. The van der Waals surface area contributed by atoms with Crippen LogP contribution in [-0.2, 0) is 6.54 Å². The van der Waals surface area contributed by atoms with E-state index in [1.54, 1.807) is 7.11 Å². The zero-order valence-electron chi connectivity index (χ0n) is 22.9. The second-order valence-electron chi connectivity index (χ2n) is 9.92. The van der Waals surface area contributed by atoms with Gasteiger partial charge in [-0.15, -0.1) is 0 Å². The molecule has 0 spiro atoms. The maximum Gasteiger partial charge on any atom is 0.269 e. The lowest BCUT2D eigenvalue weighted by Gasteiger charge is -2.37. The van der Waals surface area contributed by atoms with E-state index < -0.39 is 0 Å². The second-order valence-corrected chi connectivity index (χ2v) is 9.92. The van der Waals surface area contributed by atoms with Crippen molar-refractivity contribution in [3.63, 3.8) is 0 Å². The fraction of sp³-hybridized carbons (Fsp3) is 0.294. The van der Waals surface area contributed by atoms with Crippen molar-refractivity contribution in [2.24, 2.45) is 0 Å². The van der Waals surface area contributed by atoms with Gasteiger partial charge >= 0.3 is 0 Å². The van der Waals surface area contributed by atoms with E-state index in [1.165, 1.54) is 6.20 Å². The molecule has 1 saturated heterocycles. The standard InChI is InChI=1S/C34H34N4O2/c1-40-31-16-17-32-33(26-31)38(34(39)27-35-32)25-24-36-22-18-30(19-23-36)37(20-8-14-28-10-4-2-5-11-28)21-9-15-29-12-6-3-7-13-29/h2-7,10-13,16-17,26-27,30H,18-25H2,1H3. The Morgan fingerprint density at radius 2 is 1.50 bits per heavy atom. The molecule has 2 heterocycles. The van der Waals surface area contributed by atoms with Gasteiger partial charge in [0.05, 0.1) is 37.4 Å². The minimum atomic E-state index is -0.0872. The van der Waals surface area contributed by atoms with Crippen LogP contribution in [0, 0.1) is 23.7 Å². The van der Waals surface area contributed by atoms with E-state index in [4.69, 9.17) is 4.74 Å². The van der Waals surface area contributed by atoms with Gasteiger partial charge in [0.2, 0.25) is 0 Å². The third-order valence-corrected chi connectivity index (χ3v) is 7.34. The lowest BCUT2D eigenvalue weighted by Crippen LogP contribution is -2.46. The molecule has 202 valence electrons. The molecule has 0 radical (unpaired) electrons. The van der Waals surface area contributed by atoms with Crippen molar-refractivity contribution >= 4 is 11.0 Å². The van der Waals surface area contributed by atoms with Crippen molar-refractivity contribution < 1.29 is 4.74 Å². The summed E-state index contributed by atoms with van der Waals surface area (Å²) < 4.78 is 7.18. The van der Waals surface area contributed by atoms with Crippen molar-refractivity contribution in [1.29, 1.82) is 0 Å². The molecule has 40 heavy (non-hydrogen) atoms. The van der Waals surface area contributed by atoms with Gasteiger partial charge in [-0.1, -0.05) is 60.1 Å². The van der Waals surface area contributed by atoms with Gasteiger partial charge in [0.25, 0.3) is 5.56 Å². The number of piperidine rings is 1. The largest absolute Gasteiger partial charge is 0.497 e. The number of likely N-dealkylation sites (tertiary alicyclic amines) is 1. The number of methoxy groups -OCH3 is 1. The molecule has 4 aromatic rings. The third-order valence-electron chi connectivity index (χ3n) is 7.34. The summed E-state index contributed by atoms with van der Waals surface area (Å²) in [7, 11) is 1.63. The first kappa shape index (κ1) is 27.2. The normalized spacial score (nSPS) is 13.8. The van der Waals surface area contributed by atoms with Crippen molar-refractivity contribution in [1.82, 2.24) is 19.4 Å². The molecule has 0 amide bonds. The summed E-state index contributed by atoms with van der Waals surface area (Å²) in [5, 5.41) is 0. The van der Waals surface area contributed by atoms with Gasteiger partial charge in [0.15, 0.2) is 0 Å². The maximum atomic E-state index is 12.7. The van der Waals surface area contributed by atoms with Gasteiger partial charge in [-0.3, -0.25) is 9.69 Å². The SMILES string of the molecule is COc1ccc2ncc(=O)n(CCN3CCC(N(CC#Cc4ccccc4)CC#Cc4ccccc4)CC3)c2c1. The number of hydrogen-bond donors (Lipinski definition) is 0. The highest BCUT2D eigenvalue weighted by atomic mass is 16.5. The van der Waals surface area contributed by atoms with E-state index in [-0.39, 0.29) is 5.56 Å². The summed E-state index contributed by atoms with van der Waals surface area (Å²) in [5.41, 5.74) is 3.58. The average molecular weight is 531 g/mol. The molecule has 1 aromatic heterocycles. The molecule has 5 rings (SSSR count). The Balaban J connectivity index is 1.22. The Morgan fingerprint density at radius 1 is 0.875 bits per heavy atom. The van der Waals surface area contributed by atoms with Crippen LogP contribution >= 0.6 is 0 Å². The third kappa shape index (κ3) is 7.18. The minimum absolute atomic E-state index is 0.0872. The number of benzene rings is 3. The Hall–Kier alpha value is -4.36. The van der Waals surface area contributed by atoms with E-state index in [9.17, 15) is 4.79 Å². The zero-order valence-corrected chi connectivity index (χ0v) is 22.9. The maximum absolute atomic E-state index is 12.7. The molecular weight excluding hydrogens is 496 g/mol. The smallest absolute Gasteiger partial charge is 0.269 e. The van der Waals surface area contributed by atoms with Crippen LogP contribution in [0.4, 0.5) is 0 Å². The Labute approximate surface area is 236 Å². The highest BCUT2D eigenvalue weighted by Crippen LogP contribution is 2.19. The Bertz CT molecular complexity index is 1530. The molecule has 0 saturated carbocycles. The predicted molar refractivity (Wildman–Crippen MR) is 160 cm³/mol. The summed E-state index contributed by atoms with van der Waals surface area (Å²) >= 11 is 0. The number of ether oxygens (including phenoxy) is 1. The summed E-state index contributed by atoms with van der Waals surface area (Å²) in [6.45, 7) is 4.74. The molecule has 0 N–H and O–H groups in total. The van der Waals surface area contributed by atoms with E-state index in [1.807, 2.05) is 83.4 Å². The fourth-order valence-corrected chi connectivity index (χ4v) is 5.09. The van der Waals surface area contributed by atoms with Crippen LogP contribution in [0.15, 0.2) is 89.9 Å².